The largest absolute Gasteiger partial charge is 0.298 e. The summed E-state index contributed by atoms with van der Waals surface area (Å²) in [5.41, 5.74) is 0.491. The number of carbonyl (C=O) groups is 2. The first-order chi connectivity index (χ1) is 6.97. The monoisotopic (exact) mass is 207 g/mol. The summed E-state index contributed by atoms with van der Waals surface area (Å²) in [5.74, 6) is -0.282. The Bertz CT molecular complexity index is 451. The van der Waals surface area contributed by atoms with Gasteiger partial charge in [-0.3, -0.25) is 19.7 Å². The molecule has 0 aromatic heterocycles. The van der Waals surface area contributed by atoms with Crippen LogP contribution >= 0.6 is 0 Å². The van der Waals surface area contributed by atoms with Crippen LogP contribution in [0.5, 0.6) is 0 Å². The number of benzene rings is 1. The van der Waals surface area contributed by atoms with Crippen LogP contribution in [0.1, 0.15) is 33.2 Å². The molecule has 0 amide bonds. The molecule has 0 atom stereocenters. The van der Waals surface area contributed by atoms with E-state index >= 15 is 0 Å². The van der Waals surface area contributed by atoms with Gasteiger partial charge in [-0.15, -0.1) is 0 Å². The first-order valence-corrected chi connectivity index (χ1v) is 4.22. The standard InChI is InChI=1S/C10H9NO4/c1-6-3-9(7(2)13)8(5-12)4-10(6)11(14)15/h3-5H,1-2H3. The summed E-state index contributed by atoms with van der Waals surface area (Å²) in [7, 11) is 0. The van der Waals surface area contributed by atoms with Crippen LogP contribution in [-0.2, 0) is 0 Å². The molecule has 5 heteroatoms. The normalized spacial score (nSPS) is 9.73. The molecule has 1 aromatic rings. The lowest BCUT2D eigenvalue weighted by Gasteiger charge is -2.03. The summed E-state index contributed by atoms with van der Waals surface area (Å²) in [6.07, 6.45) is 0.448. The highest BCUT2D eigenvalue weighted by molar-refractivity contribution is 6.02. The first-order valence-electron chi connectivity index (χ1n) is 4.22. The Morgan fingerprint density at radius 1 is 1.47 bits per heavy atom. The van der Waals surface area contributed by atoms with Crippen molar-refractivity contribution in [2.75, 3.05) is 0 Å². The molecule has 0 saturated heterocycles. The summed E-state index contributed by atoms with van der Waals surface area (Å²) >= 11 is 0. The van der Waals surface area contributed by atoms with Gasteiger partial charge >= 0.3 is 0 Å². The van der Waals surface area contributed by atoms with E-state index in [1.165, 1.54) is 19.9 Å². The summed E-state index contributed by atoms with van der Waals surface area (Å²) in [6.45, 7) is 2.84. The molecule has 0 aliphatic heterocycles. The average Bonchev–Trinajstić information content (AvgIpc) is 2.16. The molecular formula is C10H9NO4. The van der Waals surface area contributed by atoms with E-state index in [1.54, 1.807) is 0 Å². The Morgan fingerprint density at radius 3 is 2.47 bits per heavy atom. The first kappa shape index (κ1) is 11.0. The minimum absolute atomic E-state index is 0.0554. The van der Waals surface area contributed by atoms with Gasteiger partial charge in [0.1, 0.15) is 0 Å². The van der Waals surface area contributed by atoms with Crippen molar-refractivity contribution in [3.05, 3.63) is 38.9 Å². The summed E-state index contributed by atoms with van der Waals surface area (Å²) in [6, 6.07) is 2.49. The van der Waals surface area contributed by atoms with Crippen molar-refractivity contribution < 1.29 is 14.5 Å². The second-order valence-corrected chi connectivity index (χ2v) is 3.16. The van der Waals surface area contributed by atoms with E-state index in [2.05, 4.69) is 0 Å². The highest BCUT2D eigenvalue weighted by atomic mass is 16.6. The van der Waals surface area contributed by atoms with Crippen molar-refractivity contribution in [1.29, 1.82) is 0 Å². The van der Waals surface area contributed by atoms with E-state index < -0.39 is 4.92 Å². The number of Topliss-reactive ketones (excluding diaryl/α,β-unsaturated/α-hetero) is 1. The average molecular weight is 207 g/mol. The number of hydrogen-bond acceptors (Lipinski definition) is 4. The third-order valence-corrected chi connectivity index (χ3v) is 2.07. The number of aldehydes is 1. The minimum atomic E-state index is -0.577. The number of ketones is 1. The molecule has 0 fully saturated rings. The maximum atomic E-state index is 11.1. The second-order valence-electron chi connectivity index (χ2n) is 3.16. The zero-order valence-corrected chi connectivity index (χ0v) is 8.31. The van der Waals surface area contributed by atoms with Crippen LogP contribution in [0.15, 0.2) is 12.1 Å². The van der Waals surface area contributed by atoms with Gasteiger partial charge in [0.25, 0.3) is 5.69 Å². The Hall–Kier alpha value is -2.04. The lowest BCUT2D eigenvalue weighted by Crippen LogP contribution is -2.02. The predicted octanol–water partition coefficient (Wildman–Crippen LogP) is 1.92. The van der Waals surface area contributed by atoms with Gasteiger partial charge in [-0.2, -0.15) is 0 Å². The molecule has 0 spiro atoms. The number of hydrogen-bond donors (Lipinski definition) is 0. The van der Waals surface area contributed by atoms with Crippen LogP contribution in [-0.4, -0.2) is 17.0 Å². The molecule has 5 nitrogen and oxygen atoms in total. The van der Waals surface area contributed by atoms with Gasteiger partial charge in [-0.25, -0.2) is 0 Å². The zero-order chi connectivity index (χ0) is 11.6. The fraction of sp³-hybridized carbons (Fsp3) is 0.200. The fourth-order valence-electron chi connectivity index (χ4n) is 1.31. The van der Waals surface area contributed by atoms with Crippen LogP contribution in [0.3, 0.4) is 0 Å². The Kier molecular flexibility index (Phi) is 2.94. The maximum absolute atomic E-state index is 11.1. The van der Waals surface area contributed by atoms with Crippen molar-refractivity contribution in [3.8, 4) is 0 Å². The van der Waals surface area contributed by atoms with Gasteiger partial charge in [0.05, 0.1) is 4.92 Å². The quantitative estimate of drug-likeness (QED) is 0.328. The van der Waals surface area contributed by atoms with Crippen molar-refractivity contribution in [2.24, 2.45) is 0 Å². The van der Waals surface area contributed by atoms with E-state index in [0.29, 0.717) is 11.8 Å². The molecule has 1 aromatic carbocycles. The molecule has 0 bridgehead atoms. The second kappa shape index (κ2) is 4.00. The van der Waals surface area contributed by atoms with Crippen molar-refractivity contribution >= 4 is 17.8 Å². The Labute approximate surface area is 85.9 Å². The van der Waals surface area contributed by atoms with E-state index in [9.17, 15) is 19.7 Å². The van der Waals surface area contributed by atoms with E-state index in [1.807, 2.05) is 0 Å². The molecular weight excluding hydrogens is 198 g/mol. The lowest BCUT2D eigenvalue weighted by molar-refractivity contribution is -0.385. The molecule has 1 rings (SSSR count). The van der Waals surface area contributed by atoms with Gasteiger partial charge in [0, 0.05) is 22.8 Å². The Balaban J connectivity index is 3.48. The number of carbonyl (C=O) groups excluding carboxylic acids is 2. The molecule has 0 radical (unpaired) electrons. The van der Waals surface area contributed by atoms with E-state index in [4.69, 9.17) is 0 Å². The molecule has 0 heterocycles. The van der Waals surface area contributed by atoms with Gasteiger partial charge < -0.3 is 0 Å². The summed E-state index contributed by atoms with van der Waals surface area (Å²) in [4.78, 5) is 31.8. The third kappa shape index (κ3) is 2.07. The highest BCUT2D eigenvalue weighted by Crippen LogP contribution is 2.22. The molecule has 0 saturated carbocycles. The summed E-state index contributed by atoms with van der Waals surface area (Å²) in [5, 5.41) is 10.6. The van der Waals surface area contributed by atoms with Crippen LogP contribution in [0, 0.1) is 17.0 Å². The zero-order valence-electron chi connectivity index (χ0n) is 8.31. The van der Waals surface area contributed by atoms with Crippen molar-refractivity contribution in [2.45, 2.75) is 13.8 Å². The smallest absolute Gasteiger partial charge is 0.273 e. The van der Waals surface area contributed by atoms with Gasteiger partial charge in [0.15, 0.2) is 12.1 Å². The van der Waals surface area contributed by atoms with Gasteiger partial charge in [-0.1, -0.05) is 0 Å². The highest BCUT2D eigenvalue weighted by Gasteiger charge is 2.16. The molecule has 0 N–H and O–H groups in total. The van der Waals surface area contributed by atoms with Crippen molar-refractivity contribution in [1.82, 2.24) is 0 Å². The number of nitrogens with zero attached hydrogens (tertiary/aromatic N) is 1. The lowest BCUT2D eigenvalue weighted by atomic mass is 10.0. The SMILES string of the molecule is CC(=O)c1cc(C)c([N+](=O)[O-])cc1C=O. The minimum Gasteiger partial charge on any atom is -0.298 e. The fourth-order valence-corrected chi connectivity index (χ4v) is 1.31. The molecule has 15 heavy (non-hydrogen) atoms. The van der Waals surface area contributed by atoms with E-state index in [-0.39, 0.29) is 22.6 Å². The van der Waals surface area contributed by atoms with Crippen LogP contribution in [0.4, 0.5) is 5.69 Å². The van der Waals surface area contributed by atoms with Crippen LogP contribution < -0.4 is 0 Å². The number of nitro benzene ring substituents is 1. The molecule has 0 aliphatic rings. The topological polar surface area (TPSA) is 77.3 Å². The maximum Gasteiger partial charge on any atom is 0.273 e. The van der Waals surface area contributed by atoms with Gasteiger partial charge in [-0.05, 0) is 19.9 Å². The molecule has 0 unspecified atom stereocenters. The number of rotatable bonds is 3. The third-order valence-electron chi connectivity index (χ3n) is 2.07. The van der Waals surface area contributed by atoms with Crippen LogP contribution in [0.2, 0.25) is 0 Å². The van der Waals surface area contributed by atoms with Gasteiger partial charge in [0.2, 0.25) is 0 Å². The van der Waals surface area contributed by atoms with Crippen LogP contribution in [0.25, 0.3) is 0 Å². The number of nitro groups is 1. The molecule has 78 valence electrons. The van der Waals surface area contributed by atoms with Crippen molar-refractivity contribution in [3.63, 3.8) is 0 Å². The van der Waals surface area contributed by atoms with E-state index in [0.717, 1.165) is 6.07 Å². The predicted molar refractivity (Wildman–Crippen MR) is 53.2 cm³/mol. The number of aryl methyl sites for hydroxylation is 1. The Morgan fingerprint density at radius 2 is 2.07 bits per heavy atom. The summed E-state index contributed by atoms with van der Waals surface area (Å²) < 4.78 is 0. The molecule has 0 aliphatic carbocycles.